The summed E-state index contributed by atoms with van der Waals surface area (Å²) in [5.41, 5.74) is -1.33. The van der Waals surface area contributed by atoms with E-state index in [1.54, 1.807) is 0 Å². The molecule has 6 rings (SSSR count). The van der Waals surface area contributed by atoms with Crippen LogP contribution in [0.2, 0.25) is 0 Å². The summed E-state index contributed by atoms with van der Waals surface area (Å²) in [6.45, 7) is 6.49. The van der Waals surface area contributed by atoms with Crippen molar-refractivity contribution in [3.05, 3.63) is 0 Å². The Morgan fingerprint density at radius 1 is 1.08 bits per heavy atom. The van der Waals surface area contributed by atoms with Crippen molar-refractivity contribution in [2.24, 2.45) is 45.3 Å². The normalized spacial score (nSPS) is 60.8. The highest BCUT2D eigenvalue weighted by molar-refractivity contribution is 14.1. The van der Waals surface area contributed by atoms with E-state index in [0.717, 1.165) is 23.7 Å². The summed E-state index contributed by atoms with van der Waals surface area (Å²) in [4.78, 5) is 39.2. The van der Waals surface area contributed by atoms with Gasteiger partial charge in [0.05, 0.1) is 5.41 Å². The van der Waals surface area contributed by atoms with Crippen LogP contribution in [-0.2, 0) is 14.4 Å². The van der Waals surface area contributed by atoms with Gasteiger partial charge in [-0.3, -0.25) is 14.4 Å². The Hall–Kier alpha value is -0.260. The summed E-state index contributed by atoms with van der Waals surface area (Å²) in [5, 5.41) is 0. The van der Waals surface area contributed by atoms with Crippen LogP contribution in [0.4, 0.5) is 0 Å². The molecule has 4 heteroatoms. The van der Waals surface area contributed by atoms with Crippen LogP contribution in [0.5, 0.6) is 0 Å². The minimum atomic E-state index is -0.689. The standard InChI is InChI=1S/C20H25IO3/c1-17-6-5-13(22)18(2,9-21)11(17)4-7-20-12(17)8-10-14(15(20)23)19(10,3)16(20)24/h10-12,14H,4-9H2,1-3H3/t10-,11+,12+,14-,17-,18-,19+,20+/m0/s1. The molecule has 0 N–H and O–H groups in total. The van der Waals surface area contributed by atoms with Crippen molar-refractivity contribution in [1.29, 1.82) is 0 Å². The fourth-order valence-corrected chi connectivity index (χ4v) is 8.97. The summed E-state index contributed by atoms with van der Waals surface area (Å²) in [6, 6.07) is 0. The van der Waals surface area contributed by atoms with E-state index < -0.39 is 5.41 Å². The molecule has 0 unspecified atom stereocenters. The largest absolute Gasteiger partial charge is 0.299 e. The molecule has 6 saturated carbocycles. The first-order valence-electron chi connectivity index (χ1n) is 9.37. The zero-order valence-corrected chi connectivity index (χ0v) is 16.8. The lowest BCUT2D eigenvalue weighted by atomic mass is 9.39. The predicted molar refractivity (Wildman–Crippen MR) is 97.7 cm³/mol. The van der Waals surface area contributed by atoms with Crippen LogP contribution in [0.25, 0.3) is 0 Å². The number of carbonyl (C=O) groups excluding carboxylic acids is 3. The Kier molecular flexibility index (Phi) is 2.77. The molecule has 1 spiro atoms. The Labute approximate surface area is 156 Å². The summed E-state index contributed by atoms with van der Waals surface area (Å²) >= 11 is 2.36. The maximum atomic E-state index is 13.3. The first kappa shape index (κ1) is 16.0. The Bertz CT molecular complexity index is 716. The van der Waals surface area contributed by atoms with Crippen LogP contribution in [0.1, 0.15) is 52.9 Å². The molecule has 0 aliphatic heterocycles. The number of carbonyl (C=O) groups is 3. The van der Waals surface area contributed by atoms with Crippen LogP contribution in [0.15, 0.2) is 0 Å². The molecule has 6 aliphatic carbocycles. The molecule has 0 aromatic carbocycles. The van der Waals surface area contributed by atoms with Gasteiger partial charge in [-0.25, -0.2) is 0 Å². The highest BCUT2D eigenvalue weighted by atomic mass is 127. The molecular weight excluding hydrogens is 415 g/mol. The zero-order chi connectivity index (χ0) is 17.3. The molecule has 8 atom stereocenters. The fourth-order valence-electron chi connectivity index (χ4n) is 8.02. The van der Waals surface area contributed by atoms with E-state index in [4.69, 9.17) is 0 Å². The smallest absolute Gasteiger partial charge is 0.153 e. The van der Waals surface area contributed by atoms with E-state index in [0.29, 0.717) is 30.5 Å². The van der Waals surface area contributed by atoms with Crippen molar-refractivity contribution >= 4 is 39.9 Å². The van der Waals surface area contributed by atoms with Gasteiger partial charge in [-0.2, -0.15) is 0 Å². The van der Waals surface area contributed by atoms with Crippen molar-refractivity contribution in [3.8, 4) is 0 Å². The molecule has 0 aromatic rings. The lowest BCUT2D eigenvalue weighted by molar-refractivity contribution is -0.180. The lowest BCUT2D eigenvalue weighted by Crippen LogP contribution is -2.64. The van der Waals surface area contributed by atoms with Crippen molar-refractivity contribution in [2.45, 2.75) is 52.9 Å². The topological polar surface area (TPSA) is 51.2 Å². The van der Waals surface area contributed by atoms with Crippen LogP contribution in [-0.4, -0.2) is 21.8 Å². The van der Waals surface area contributed by atoms with E-state index in [1.807, 2.05) is 6.92 Å². The van der Waals surface area contributed by atoms with Gasteiger partial charge in [-0.15, -0.1) is 0 Å². The van der Waals surface area contributed by atoms with Gasteiger partial charge in [-0.1, -0.05) is 43.4 Å². The number of ketones is 3. The van der Waals surface area contributed by atoms with Gasteiger partial charge in [0.15, 0.2) is 11.6 Å². The SMILES string of the molecule is C[C@]12CCC(=O)[C@@](C)(CI)[C@@H]1CC[C@]13C(=O)[C@@H]4[C@H](C[C@@H]12)[C@@]4(C)C3=O. The number of rotatable bonds is 1. The molecule has 0 amide bonds. The van der Waals surface area contributed by atoms with E-state index in [-0.39, 0.29) is 39.6 Å². The molecule has 6 fully saturated rings. The third-order valence-electron chi connectivity index (χ3n) is 9.40. The van der Waals surface area contributed by atoms with Gasteiger partial charge in [0, 0.05) is 27.6 Å². The molecule has 130 valence electrons. The quantitative estimate of drug-likeness (QED) is 0.356. The monoisotopic (exact) mass is 440 g/mol. The van der Waals surface area contributed by atoms with Crippen molar-refractivity contribution in [2.75, 3.05) is 4.43 Å². The first-order chi connectivity index (χ1) is 11.2. The van der Waals surface area contributed by atoms with Gasteiger partial charge in [0.2, 0.25) is 0 Å². The number of hydrogen-bond donors (Lipinski definition) is 0. The van der Waals surface area contributed by atoms with Crippen molar-refractivity contribution < 1.29 is 14.4 Å². The second-order valence-electron chi connectivity index (χ2n) is 9.89. The average Bonchev–Trinajstić information content (AvgIpc) is 3.14. The third-order valence-corrected chi connectivity index (χ3v) is 11.0. The second kappa shape index (κ2) is 4.17. The van der Waals surface area contributed by atoms with Gasteiger partial charge < -0.3 is 0 Å². The number of Topliss-reactive ketones (excluding diaryl/α,β-unsaturated/α-hetero) is 3. The van der Waals surface area contributed by atoms with Crippen LogP contribution < -0.4 is 0 Å². The molecule has 0 radical (unpaired) electrons. The van der Waals surface area contributed by atoms with Gasteiger partial charge in [-0.05, 0) is 48.9 Å². The van der Waals surface area contributed by atoms with Gasteiger partial charge in [0.25, 0.3) is 0 Å². The predicted octanol–water partition coefficient (Wildman–Crippen LogP) is 3.62. The lowest BCUT2D eigenvalue weighted by Gasteiger charge is -2.63. The fraction of sp³-hybridized carbons (Fsp3) is 0.850. The van der Waals surface area contributed by atoms with Gasteiger partial charge in [0.1, 0.15) is 5.78 Å². The van der Waals surface area contributed by atoms with E-state index in [1.165, 1.54) is 0 Å². The summed E-state index contributed by atoms with van der Waals surface area (Å²) in [7, 11) is 0. The molecule has 0 heterocycles. The second-order valence-corrected chi connectivity index (χ2v) is 10.7. The van der Waals surface area contributed by atoms with Crippen LogP contribution in [0.3, 0.4) is 0 Å². The molecule has 4 bridgehead atoms. The Balaban J connectivity index is 1.64. The maximum absolute atomic E-state index is 13.3. The number of hydrogen-bond acceptors (Lipinski definition) is 3. The summed E-state index contributed by atoms with van der Waals surface area (Å²) in [5.74, 6) is 1.78. The van der Waals surface area contributed by atoms with Crippen LogP contribution in [0, 0.1) is 45.3 Å². The minimum absolute atomic E-state index is 0.0302. The van der Waals surface area contributed by atoms with E-state index >= 15 is 0 Å². The zero-order valence-electron chi connectivity index (χ0n) is 14.7. The van der Waals surface area contributed by atoms with Crippen LogP contribution >= 0.6 is 22.6 Å². The summed E-state index contributed by atoms with van der Waals surface area (Å²) < 4.78 is 0.842. The third kappa shape index (κ3) is 1.30. The van der Waals surface area contributed by atoms with E-state index in [2.05, 4.69) is 36.4 Å². The van der Waals surface area contributed by atoms with Gasteiger partial charge >= 0.3 is 0 Å². The number of halogens is 1. The highest BCUT2D eigenvalue weighted by Gasteiger charge is 2.87. The average molecular weight is 440 g/mol. The Morgan fingerprint density at radius 3 is 2.38 bits per heavy atom. The molecule has 0 aromatic heterocycles. The number of alkyl halides is 1. The molecule has 3 nitrogen and oxygen atoms in total. The van der Waals surface area contributed by atoms with Crippen molar-refractivity contribution in [1.82, 2.24) is 0 Å². The highest BCUT2D eigenvalue weighted by Crippen LogP contribution is 2.82. The Morgan fingerprint density at radius 2 is 1.79 bits per heavy atom. The molecule has 0 saturated heterocycles. The molecule has 24 heavy (non-hydrogen) atoms. The summed E-state index contributed by atoms with van der Waals surface area (Å²) in [6.07, 6.45) is 4.09. The number of fused-ring (bicyclic) bond motifs is 1. The minimum Gasteiger partial charge on any atom is -0.299 e. The van der Waals surface area contributed by atoms with Crippen molar-refractivity contribution in [3.63, 3.8) is 0 Å². The molecule has 6 aliphatic rings. The molecular formula is C20H25IO3. The first-order valence-corrected chi connectivity index (χ1v) is 10.9. The van der Waals surface area contributed by atoms with E-state index in [9.17, 15) is 14.4 Å². The maximum Gasteiger partial charge on any atom is 0.153 e.